The van der Waals surface area contributed by atoms with E-state index in [0.29, 0.717) is 11.7 Å². The van der Waals surface area contributed by atoms with Gasteiger partial charge in [-0.05, 0) is 85.6 Å². The SMILES string of the molecule is COCCS(=O)(=O)Nc1cccc(C23CCCC(C2)N(CC2CC(c4ccccc4)C2)CC3)c1. The Hall–Kier alpha value is -1.89. The number of hydrogen-bond acceptors (Lipinski definition) is 4. The molecule has 5 rings (SSSR count). The van der Waals surface area contributed by atoms with Crippen LogP contribution in [0.25, 0.3) is 0 Å². The van der Waals surface area contributed by atoms with E-state index in [1.54, 1.807) is 0 Å². The van der Waals surface area contributed by atoms with Crippen molar-refractivity contribution in [3.8, 4) is 0 Å². The lowest BCUT2D eigenvalue weighted by atomic mass is 9.63. The monoisotopic (exact) mass is 482 g/mol. The molecule has 0 aromatic heterocycles. The Morgan fingerprint density at radius 1 is 1.09 bits per heavy atom. The van der Waals surface area contributed by atoms with Crippen molar-refractivity contribution in [2.75, 3.05) is 37.3 Å². The maximum atomic E-state index is 12.4. The lowest BCUT2D eigenvalue weighted by molar-refractivity contribution is 0.0264. The lowest BCUT2D eigenvalue weighted by Crippen LogP contribution is -2.53. The highest BCUT2D eigenvalue weighted by atomic mass is 32.2. The quantitative estimate of drug-likeness (QED) is 0.537. The minimum atomic E-state index is -3.39. The van der Waals surface area contributed by atoms with Crippen molar-refractivity contribution in [3.63, 3.8) is 0 Å². The maximum Gasteiger partial charge on any atom is 0.234 e. The molecule has 5 nitrogen and oxygen atoms in total. The fourth-order valence-electron chi connectivity index (χ4n) is 6.61. The van der Waals surface area contributed by atoms with Crippen molar-refractivity contribution in [2.45, 2.75) is 62.3 Å². The fourth-order valence-corrected chi connectivity index (χ4v) is 7.58. The van der Waals surface area contributed by atoms with Gasteiger partial charge in [-0.3, -0.25) is 4.72 Å². The third kappa shape index (κ3) is 5.19. The molecule has 0 spiro atoms. The van der Waals surface area contributed by atoms with E-state index in [1.165, 1.54) is 63.3 Å². The lowest BCUT2D eigenvalue weighted by Gasteiger charge is -2.52. The number of sulfonamides is 1. The molecule has 1 heterocycles. The second-order valence-electron chi connectivity index (χ2n) is 10.7. The van der Waals surface area contributed by atoms with Crippen LogP contribution in [0.2, 0.25) is 0 Å². The average molecular weight is 483 g/mol. The molecular formula is C28H38N2O3S. The number of benzene rings is 2. The van der Waals surface area contributed by atoms with Gasteiger partial charge in [-0.2, -0.15) is 0 Å². The van der Waals surface area contributed by atoms with E-state index >= 15 is 0 Å². The summed E-state index contributed by atoms with van der Waals surface area (Å²) < 4.78 is 32.4. The second-order valence-corrected chi connectivity index (χ2v) is 12.6. The smallest absolute Gasteiger partial charge is 0.234 e. The summed E-state index contributed by atoms with van der Waals surface area (Å²) in [4.78, 5) is 2.78. The number of nitrogens with one attached hydrogen (secondary N) is 1. The third-order valence-corrected chi connectivity index (χ3v) is 9.77. The molecule has 1 N–H and O–H groups in total. The van der Waals surface area contributed by atoms with Crippen molar-refractivity contribution < 1.29 is 13.2 Å². The zero-order valence-electron chi connectivity index (χ0n) is 20.3. The number of ether oxygens (including phenoxy) is 1. The summed E-state index contributed by atoms with van der Waals surface area (Å²) in [5, 5.41) is 0. The Morgan fingerprint density at radius 3 is 2.71 bits per heavy atom. The van der Waals surface area contributed by atoms with E-state index in [-0.39, 0.29) is 17.8 Å². The largest absolute Gasteiger partial charge is 0.384 e. The van der Waals surface area contributed by atoms with E-state index in [2.05, 4.69) is 52.1 Å². The van der Waals surface area contributed by atoms with Crippen LogP contribution in [-0.2, 0) is 20.2 Å². The van der Waals surface area contributed by atoms with Crippen LogP contribution in [0.15, 0.2) is 54.6 Å². The van der Waals surface area contributed by atoms with Crippen LogP contribution >= 0.6 is 0 Å². The van der Waals surface area contributed by atoms with Crippen LogP contribution in [0, 0.1) is 5.92 Å². The molecule has 0 radical (unpaired) electrons. The molecule has 3 aliphatic rings. The molecular weight excluding hydrogens is 444 g/mol. The summed E-state index contributed by atoms with van der Waals surface area (Å²) in [7, 11) is -1.87. The van der Waals surface area contributed by atoms with Crippen LogP contribution in [0.5, 0.6) is 0 Å². The third-order valence-electron chi connectivity index (χ3n) is 8.52. The molecule has 1 saturated heterocycles. The van der Waals surface area contributed by atoms with Gasteiger partial charge in [0.2, 0.25) is 10.0 Å². The molecule has 0 amide bonds. The predicted molar refractivity (Wildman–Crippen MR) is 138 cm³/mol. The Bertz CT molecular complexity index is 1070. The van der Waals surface area contributed by atoms with Gasteiger partial charge in [0.05, 0.1) is 12.4 Å². The first-order valence-corrected chi connectivity index (χ1v) is 14.5. The zero-order chi connectivity index (χ0) is 23.6. The molecule has 2 aromatic carbocycles. The first kappa shape index (κ1) is 23.8. The van der Waals surface area contributed by atoms with Crippen LogP contribution in [0.1, 0.15) is 62.0 Å². The number of nitrogens with zero attached hydrogens (tertiary/aromatic N) is 1. The number of piperidine rings is 1. The highest BCUT2D eigenvalue weighted by Gasteiger charge is 2.44. The Balaban J connectivity index is 1.21. The maximum absolute atomic E-state index is 12.4. The number of methoxy groups -OCH3 is 1. The summed E-state index contributed by atoms with van der Waals surface area (Å²) in [5.74, 6) is 1.55. The first-order valence-electron chi connectivity index (χ1n) is 12.9. The van der Waals surface area contributed by atoms with Crippen LogP contribution in [-0.4, -0.2) is 51.9 Å². The summed E-state index contributed by atoms with van der Waals surface area (Å²) >= 11 is 0. The van der Waals surface area contributed by atoms with E-state index in [0.717, 1.165) is 24.8 Å². The number of anilines is 1. The molecule has 2 aliphatic carbocycles. The first-order chi connectivity index (χ1) is 16.5. The summed E-state index contributed by atoms with van der Waals surface area (Å²) in [6.45, 7) is 2.59. The van der Waals surface area contributed by atoms with Crippen LogP contribution in [0.4, 0.5) is 5.69 Å². The van der Waals surface area contributed by atoms with Gasteiger partial charge in [-0.15, -0.1) is 0 Å². The fraction of sp³-hybridized carbons (Fsp3) is 0.571. The predicted octanol–water partition coefficient (Wildman–Crippen LogP) is 5.15. The van der Waals surface area contributed by atoms with E-state index in [9.17, 15) is 8.42 Å². The average Bonchev–Trinajstić information content (AvgIpc) is 2.82. The van der Waals surface area contributed by atoms with Crippen molar-refractivity contribution in [2.24, 2.45) is 5.92 Å². The standard InChI is InChI=1S/C28H38N2O3S/c1-33-15-16-34(31,32)29-26-10-5-9-25(19-26)28-12-6-11-27(20-28)30(14-13-28)21-22-17-24(18-22)23-7-3-2-4-8-23/h2-5,7-10,19,22,24,27,29H,6,11-18,20-21H2,1H3. The number of likely N-dealkylation sites (tertiary alicyclic amines) is 1. The van der Waals surface area contributed by atoms with E-state index in [1.807, 2.05) is 12.1 Å². The summed E-state index contributed by atoms with van der Waals surface area (Å²) in [6.07, 6.45) is 8.76. The molecule has 2 bridgehead atoms. The molecule has 2 atom stereocenters. The molecule has 2 aromatic rings. The second kappa shape index (κ2) is 10.00. The topological polar surface area (TPSA) is 58.6 Å². The molecule has 184 valence electrons. The Kier molecular flexibility index (Phi) is 7.01. The Labute approximate surface area is 204 Å². The highest BCUT2D eigenvalue weighted by Crippen LogP contribution is 2.49. The summed E-state index contributed by atoms with van der Waals surface area (Å²) in [5.41, 5.74) is 3.66. The van der Waals surface area contributed by atoms with Gasteiger partial charge in [-0.25, -0.2) is 8.42 Å². The molecule has 2 saturated carbocycles. The molecule has 34 heavy (non-hydrogen) atoms. The molecule has 6 heteroatoms. The molecule has 1 aliphatic heterocycles. The van der Waals surface area contributed by atoms with Gasteiger partial charge < -0.3 is 9.64 Å². The van der Waals surface area contributed by atoms with E-state index in [4.69, 9.17) is 4.74 Å². The minimum absolute atomic E-state index is 0.0256. The molecule has 2 unspecified atom stereocenters. The number of fused-ring (bicyclic) bond motifs is 2. The van der Waals surface area contributed by atoms with Crippen molar-refractivity contribution in [1.82, 2.24) is 4.90 Å². The normalized spacial score (nSPS) is 29.4. The summed E-state index contributed by atoms with van der Waals surface area (Å²) in [6, 6.07) is 19.8. The van der Waals surface area contributed by atoms with Gasteiger partial charge in [0.25, 0.3) is 0 Å². The number of hydrogen-bond donors (Lipinski definition) is 1. The highest BCUT2D eigenvalue weighted by molar-refractivity contribution is 7.92. The van der Waals surface area contributed by atoms with Crippen molar-refractivity contribution >= 4 is 15.7 Å². The van der Waals surface area contributed by atoms with Gasteiger partial charge in [0.1, 0.15) is 0 Å². The van der Waals surface area contributed by atoms with Gasteiger partial charge in [0, 0.05) is 25.4 Å². The van der Waals surface area contributed by atoms with E-state index < -0.39 is 10.0 Å². The molecule has 3 fully saturated rings. The minimum Gasteiger partial charge on any atom is -0.384 e. The Morgan fingerprint density at radius 2 is 1.91 bits per heavy atom. The van der Waals surface area contributed by atoms with Crippen LogP contribution < -0.4 is 4.72 Å². The van der Waals surface area contributed by atoms with Gasteiger partial charge in [0.15, 0.2) is 0 Å². The van der Waals surface area contributed by atoms with Crippen LogP contribution in [0.3, 0.4) is 0 Å². The van der Waals surface area contributed by atoms with Crippen molar-refractivity contribution in [1.29, 1.82) is 0 Å². The van der Waals surface area contributed by atoms with Crippen molar-refractivity contribution in [3.05, 3.63) is 65.7 Å². The number of rotatable bonds is 9. The van der Waals surface area contributed by atoms with Gasteiger partial charge in [-0.1, -0.05) is 48.9 Å². The van der Waals surface area contributed by atoms with Gasteiger partial charge >= 0.3 is 0 Å². The zero-order valence-corrected chi connectivity index (χ0v) is 21.1.